The lowest BCUT2D eigenvalue weighted by atomic mass is 9.87. The van der Waals surface area contributed by atoms with Crippen LogP contribution in [0.15, 0.2) is 23.8 Å². The Morgan fingerprint density at radius 1 is 1.17 bits per heavy atom. The molecule has 0 aliphatic carbocycles. The van der Waals surface area contributed by atoms with Crippen molar-refractivity contribution in [1.82, 2.24) is 0 Å². The molecule has 1 unspecified atom stereocenters. The van der Waals surface area contributed by atoms with E-state index in [1.807, 2.05) is 13.0 Å². The maximum atomic E-state index is 11.2. The highest BCUT2D eigenvalue weighted by molar-refractivity contribution is 5.83. The monoisotopic (exact) mass is 338 g/mol. The van der Waals surface area contributed by atoms with Crippen molar-refractivity contribution in [2.24, 2.45) is 5.92 Å². The molecule has 0 heterocycles. The van der Waals surface area contributed by atoms with Crippen LogP contribution in [0.2, 0.25) is 0 Å². The van der Waals surface area contributed by atoms with Gasteiger partial charge < -0.3 is 9.47 Å². The van der Waals surface area contributed by atoms with Gasteiger partial charge in [0.2, 0.25) is 0 Å². The van der Waals surface area contributed by atoms with Crippen molar-refractivity contribution in [2.45, 2.75) is 85.2 Å². The van der Waals surface area contributed by atoms with E-state index in [4.69, 9.17) is 4.74 Å². The quantitative estimate of drug-likeness (QED) is 0.240. The third-order valence-electron chi connectivity index (χ3n) is 4.96. The van der Waals surface area contributed by atoms with Crippen molar-refractivity contribution < 1.29 is 14.3 Å². The van der Waals surface area contributed by atoms with Crippen LogP contribution < -0.4 is 0 Å². The molecule has 0 saturated heterocycles. The number of hydrogen-bond acceptors (Lipinski definition) is 3. The van der Waals surface area contributed by atoms with E-state index in [0.717, 1.165) is 37.9 Å². The molecule has 0 aromatic rings. The number of hydrogen-bond donors (Lipinski definition) is 0. The summed E-state index contributed by atoms with van der Waals surface area (Å²) >= 11 is 0. The summed E-state index contributed by atoms with van der Waals surface area (Å²) in [6.07, 6.45) is 13.7. The molecule has 0 rings (SSSR count). The lowest BCUT2D eigenvalue weighted by Gasteiger charge is -2.32. The highest BCUT2D eigenvalue weighted by atomic mass is 16.5. The Bertz CT molecular complexity index is 392. The Labute approximate surface area is 149 Å². The predicted molar refractivity (Wildman–Crippen MR) is 102 cm³/mol. The number of esters is 1. The molecular weight excluding hydrogens is 300 g/mol. The van der Waals surface area contributed by atoms with Crippen LogP contribution >= 0.6 is 0 Å². The summed E-state index contributed by atoms with van der Waals surface area (Å²) in [5.74, 6) is 0.399. The van der Waals surface area contributed by atoms with E-state index in [2.05, 4.69) is 38.5 Å². The first-order chi connectivity index (χ1) is 11.5. The van der Waals surface area contributed by atoms with E-state index in [-0.39, 0.29) is 11.6 Å². The summed E-state index contributed by atoms with van der Waals surface area (Å²) in [4.78, 5) is 11.2. The third-order valence-corrected chi connectivity index (χ3v) is 4.96. The molecule has 3 nitrogen and oxygen atoms in total. The number of allylic oxidation sites excluding steroid dienone is 3. The van der Waals surface area contributed by atoms with Gasteiger partial charge in [0.1, 0.15) is 0 Å². The first-order valence-electron chi connectivity index (χ1n) is 9.53. The van der Waals surface area contributed by atoms with E-state index >= 15 is 0 Å². The molecule has 0 radical (unpaired) electrons. The lowest BCUT2D eigenvalue weighted by molar-refractivity contribution is -0.134. The van der Waals surface area contributed by atoms with Gasteiger partial charge in [-0.15, -0.1) is 0 Å². The number of carbonyl (C=O) groups excluding carboxylic acids is 1. The zero-order valence-electron chi connectivity index (χ0n) is 16.7. The van der Waals surface area contributed by atoms with Gasteiger partial charge in [-0.2, -0.15) is 0 Å². The molecule has 0 aliphatic rings. The summed E-state index contributed by atoms with van der Waals surface area (Å²) in [6.45, 7) is 11.5. The topological polar surface area (TPSA) is 35.5 Å². The summed E-state index contributed by atoms with van der Waals surface area (Å²) < 4.78 is 10.7. The van der Waals surface area contributed by atoms with E-state index in [0.29, 0.717) is 5.92 Å². The lowest BCUT2D eigenvalue weighted by Crippen LogP contribution is -2.31. The fourth-order valence-corrected chi connectivity index (χ4v) is 3.13. The number of carbonyl (C=O) groups is 1. The van der Waals surface area contributed by atoms with Crippen LogP contribution in [0.4, 0.5) is 0 Å². The van der Waals surface area contributed by atoms with Crippen LogP contribution in [0.1, 0.15) is 79.6 Å². The largest absolute Gasteiger partial charge is 0.466 e. The number of ether oxygens (including phenoxy) is 2. The second kappa shape index (κ2) is 13.2. The minimum Gasteiger partial charge on any atom is -0.466 e. The van der Waals surface area contributed by atoms with E-state index in [1.165, 1.54) is 32.4 Å². The Hall–Kier alpha value is -1.09. The molecule has 0 fully saturated rings. The molecule has 1 atom stereocenters. The average molecular weight is 339 g/mol. The molecule has 0 aliphatic heterocycles. The minimum absolute atomic E-state index is 0.0721. The second-order valence-electron chi connectivity index (χ2n) is 6.54. The minimum atomic E-state index is -0.296. The summed E-state index contributed by atoms with van der Waals surface area (Å²) in [5.41, 5.74) is 1.01. The van der Waals surface area contributed by atoms with Crippen LogP contribution in [-0.4, -0.2) is 25.3 Å². The van der Waals surface area contributed by atoms with Crippen LogP contribution in [0.25, 0.3) is 0 Å². The van der Waals surface area contributed by atoms with E-state index in [9.17, 15) is 4.79 Å². The summed E-state index contributed by atoms with van der Waals surface area (Å²) in [7, 11) is 1.40. The van der Waals surface area contributed by atoms with Crippen molar-refractivity contribution in [1.29, 1.82) is 0 Å². The van der Waals surface area contributed by atoms with Crippen LogP contribution in [-0.2, 0) is 14.3 Å². The third kappa shape index (κ3) is 9.27. The van der Waals surface area contributed by atoms with Crippen LogP contribution in [0, 0.1) is 5.92 Å². The molecule has 0 spiro atoms. The fourth-order valence-electron chi connectivity index (χ4n) is 3.13. The van der Waals surface area contributed by atoms with Gasteiger partial charge in [-0.3, -0.25) is 0 Å². The van der Waals surface area contributed by atoms with Crippen LogP contribution in [0.5, 0.6) is 0 Å². The zero-order valence-corrected chi connectivity index (χ0v) is 16.7. The molecule has 140 valence electrons. The molecular formula is C21H38O3. The Kier molecular flexibility index (Phi) is 12.6. The Balaban J connectivity index is 4.37. The highest BCUT2D eigenvalue weighted by Gasteiger charge is 2.25. The second-order valence-corrected chi connectivity index (χ2v) is 6.54. The first-order valence-corrected chi connectivity index (χ1v) is 9.53. The van der Waals surface area contributed by atoms with Gasteiger partial charge in [0.15, 0.2) is 0 Å². The van der Waals surface area contributed by atoms with Gasteiger partial charge >= 0.3 is 5.97 Å². The van der Waals surface area contributed by atoms with Crippen LogP contribution in [0.3, 0.4) is 0 Å². The summed E-state index contributed by atoms with van der Waals surface area (Å²) in [6, 6.07) is 0. The standard InChI is InChI=1S/C21H38O3/c1-7-19(14-11-13-18(5)17-20(22)23-6)15-12-16-21(8-2,9-3)24-10-4/h11,13,17,19H,7-10,12,14-16H2,1-6H3/b13-11+,18-17+. The maximum absolute atomic E-state index is 11.2. The average Bonchev–Trinajstić information content (AvgIpc) is 2.59. The molecule has 0 aromatic carbocycles. The van der Waals surface area contributed by atoms with Crippen molar-refractivity contribution in [3.63, 3.8) is 0 Å². The zero-order chi connectivity index (χ0) is 18.4. The molecule has 0 aromatic heterocycles. The van der Waals surface area contributed by atoms with Crippen molar-refractivity contribution in [2.75, 3.05) is 13.7 Å². The van der Waals surface area contributed by atoms with Gasteiger partial charge in [-0.25, -0.2) is 4.79 Å². The van der Waals surface area contributed by atoms with Gasteiger partial charge in [-0.1, -0.05) is 52.2 Å². The number of methoxy groups -OCH3 is 1. The smallest absolute Gasteiger partial charge is 0.330 e. The molecule has 3 heteroatoms. The van der Waals surface area contributed by atoms with E-state index < -0.39 is 0 Å². The Morgan fingerprint density at radius 2 is 1.83 bits per heavy atom. The first kappa shape index (κ1) is 22.9. The SMILES string of the molecule is CCOC(CC)(CC)CCCC(CC)C/C=C/C(C)=C/C(=O)OC. The number of rotatable bonds is 13. The molecule has 24 heavy (non-hydrogen) atoms. The normalized spacial score (nSPS) is 14.2. The van der Waals surface area contributed by atoms with E-state index in [1.54, 1.807) is 0 Å². The van der Waals surface area contributed by atoms with Crippen molar-refractivity contribution in [3.05, 3.63) is 23.8 Å². The highest BCUT2D eigenvalue weighted by Crippen LogP contribution is 2.29. The van der Waals surface area contributed by atoms with Gasteiger partial charge in [0, 0.05) is 12.7 Å². The summed E-state index contributed by atoms with van der Waals surface area (Å²) in [5, 5.41) is 0. The maximum Gasteiger partial charge on any atom is 0.330 e. The van der Waals surface area contributed by atoms with Gasteiger partial charge in [0.25, 0.3) is 0 Å². The van der Waals surface area contributed by atoms with Crippen molar-refractivity contribution >= 4 is 5.97 Å². The molecule has 0 N–H and O–H groups in total. The van der Waals surface area contributed by atoms with Gasteiger partial charge in [0.05, 0.1) is 12.7 Å². The predicted octanol–water partition coefficient (Wildman–Crippen LogP) is 5.84. The van der Waals surface area contributed by atoms with Gasteiger partial charge in [-0.05, 0) is 51.0 Å². The molecule has 0 amide bonds. The van der Waals surface area contributed by atoms with Crippen molar-refractivity contribution in [3.8, 4) is 0 Å². The Morgan fingerprint density at radius 3 is 2.33 bits per heavy atom. The molecule has 0 bridgehead atoms. The fraction of sp³-hybridized carbons (Fsp3) is 0.762. The molecule has 0 saturated carbocycles.